The van der Waals surface area contributed by atoms with E-state index in [-0.39, 0.29) is 11.7 Å². The number of rotatable bonds is 5. The summed E-state index contributed by atoms with van der Waals surface area (Å²) in [5.74, 6) is -1.12. The van der Waals surface area contributed by atoms with Crippen molar-refractivity contribution in [1.29, 1.82) is 0 Å². The zero-order valence-electron chi connectivity index (χ0n) is 11.8. The number of fused-ring (bicyclic) bond motifs is 1. The summed E-state index contributed by atoms with van der Waals surface area (Å²) in [6, 6.07) is 8.75. The van der Waals surface area contributed by atoms with Gasteiger partial charge < -0.3 is 10.4 Å². The molecule has 2 aromatic rings. The summed E-state index contributed by atoms with van der Waals surface area (Å²) in [7, 11) is 0. The first-order valence-electron chi connectivity index (χ1n) is 6.46. The number of para-hydroxylation sites is 1. The van der Waals surface area contributed by atoms with Gasteiger partial charge in [-0.05, 0) is 19.1 Å². The Labute approximate surface area is 126 Å². The first-order chi connectivity index (χ1) is 9.97. The maximum absolute atomic E-state index is 11.1. The maximum atomic E-state index is 11.1. The number of carbonyl (C=O) groups is 2. The van der Waals surface area contributed by atoms with Crippen molar-refractivity contribution >= 4 is 34.5 Å². The third-order valence-corrected chi connectivity index (χ3v) is 4.04. The fourth-order valence-electron chi connectivity index (χ4n) is 1.98. The van der Waals surface area contributed by atoms with Crippen molar-refractivity contribution in [2.75, 3.05) is 5.75 Å². The Balaban J connectivity index is 2.23. The smallest absolute Gasteiger partial charge is 0.327 e. The van der Waals surface area contributed by atoms with Gasteiger partial charge in [-0.1, -0.05) is 18.2 Å². The maximum Gasteiger partial charge on any atom is 0.327 e. The molecule has 0 bridgehead atoms. The molecule has 5 nitrogen and oxygen atoms in total. The van der Waals surface area contributed by atoms with Gasteiger partial charge in [-0.2, -0.15) is 0 Å². The van der Waals surface area contributed by atoms with Crippen LogP contribution < -0.4 is 5.32 Å². The molecule has 110 valence electrons. The van der Waals surface area contributed by atoms with Crippen LogP contribution in [0.1, 0.15) is 12.6 Å². The number of amides is 1. The van der Waals surface area contributed by atoms with Gasteiger partial charge in [0.05, 0.1) is 5.52 Å². The average Bonchev–Trinajstić information content (AvgIpc) is 2.42. The quantitative estimate of drug-likeness (QED) is 0.828. The highest BCUT2D eigenvalue weighted by Gasteiger charge is 2.19. The first-order valence-corrected chi connectivity index (χ1v) is 7.45. The molecule has 2 N–H and O–H groups in total. The summed E-state index contributed by atoms with van der Waals surface area (Å²) < 4.78 is 0. The second-order valence-corrected chi connectivity index (χ2v) is 5.74. The third kappa shape index (κ3) is 3.95. The number of hydrogen-bond donors (Lipinski definition) is 2. The SMILES string of the molecule is CC(=O)N[C@@H](CSc1cc(C)nc2ccccc12)C(=O)O. The standard InChI is InChI=1S/C15H16N2O3S/c1-9-7-14(11-5-3-4-6-12(11)16-9)21-8-13(15(19)20)17-10(2)18/h3-7,13H,8H2,1-2H3,(H,17,18)(H,19,20)/t13-/m0/s1. The number of carboxylic acid groups (broad SMARTS) is 1. The largest absolute Gasteiger partial charge is 0.480 e. The van der Waals surface area contributed by atoms with Crippen LogP contribution in [0.2, 0.25) is 0 Å². The van der Waals surface area contributed by atoms with Crippen LogP contribution in [0.15, 0.2) is 35.2 Å². The molecule has 21 heavy (non-hydrogen) atoms. The Hall–Kier alpha value is -2.08. The van der Waals surface area contributed by atoms with E-state index in [1.165, 1.54) is 18.7 Å². The first kappa shape index (κ1) is 15.3. The van der Waals surface area contributed by atoms with Crippen LogP contribution in [0.5, 0.6) is 0 Å². The number of aliphatic carboxylic acids is 1. The molecule has 1 aromatic carbocycles. The number of nitrogens with one attached hydrogen (secondary N) is 1. The van der Waals surface area contributed by atoms with E-state index in [0.717, 1.165) is 21.5 Å². The summed E-state index contributed by atoms with van der Waals surface area (Å²) >= 11 is 1.41. The van der Waals surface area contributed by atoms with Crippen LogP contribution in [0.3, 0.4) is 0 Å². The second kappa shape index (κ2) is 6.58. The number of aryl methyl sites for hydroxylation is 1. The minimum Gasteiger partial charge on any atom is -0.480 e. The topological polar surface area (TPSA) is 79.3 Å². The number of aromatic nitrogens is 1. The molecule has 0 saturated heterocycles. The zero-order chi connectivity index (χ0) is 15.4. The fourth-order valence-corrected chi connectivity index (χ4v) is 3.14. The molecule has 2 rings (SSSR count). The lowest BCUT2D eigenvalue weighted by Crippen LogP contribution is -2.41. The van der Waals surface area contributed by atoms with Crippen molar-refractivity contribution in [3.8, 4) is 0 Å². The molecule has 1 heterocycles. The summed E-state index contributed by atoms with van der Waals surface area (Å²) in [5.41, 5.74) is 1.76. The molecule has 1 aromatic heterocycles. The normalized spacial score (nSPS) is 12.1. The predicted octanol–water partition coefficient (Wildman–Crippen LogP) is 2.22. The van der Waals surface area contributed by atoms with Gasteiger partial charge in [0.1, 0.15) is 6.04 Å². The van der Waals surface area contributed by atoms with Gasteiger partial charge in [0.2, 0.25) is 5.91 Å². The Morgan fingerprint density at radius 2 is 2.10 bits per heavy atom. The number of nitrogens with zero attached hydrogens (tertiary/aromatic N) is 1. The van der Waals surface area contributed by atoms with E-state index in [1.807, 2.05) is 37.3 Å². The van der Waals surface area contributed by atoms with E-state index in [1.54, 1.807) is 0 Å². The van der Waals surface area contributed by atoms with Crippen molar-refractivity contribution < 1.29 is 14.7 Å². The Morgan fingerprint density at radius 3 is 2.76 bits per heavy atom. The summed E-state index contributed by atoms with van der Waals surface area (Å²) in [4.78, 5) is 27.6. The van der Waals surface area contributed by atoms with Gasteiger partial charge in [-0.3, -0.25) is 9.78 Å². The summed E-state index contributed by atoms with van der Waals surface area (Å²) in [5, 5.41) is 12.6. The van der Waals surface area contributed by atoms with E-state index in [0.29, 0.717) is 0 Å². The molecule has 0 aliphatic rings. The lowest BCUT2D eigenvalue weighted by atomic mass is 10.2. The Bertz CT molecular complexity index is 688. The molecule has 0 aliphatic heterocycles. The minimum absolute atomic E-state index is 0.266. The number of hydrogen-bond acceptors (Lipinski definition) is 4. The van der Waals surface area contributed by atoms with Gasteiger partial charge in [-0.15, -0.1) is 11.8 Å². The molecular formula is C15H16N2O3S. The van der Waals surface area contributed by atoms with Gasteiger partial charge in [0.15, 0.2) is 0 Å². The minimum atomic E-state index is -1.03. The van der Waals surface area contributed by atoms with Crippen LogP contribution in [0, 0.1) is 6.92 Å². The molecule has 1 atom stereocenters. The molecule has 0 aliphatic carbocycles. The highest BCUT2D eigenvalue weighted by atomic mass is 32.2. The molecule has 0 saturated carbocycles. The van der Waals surface area contributed by atoms with Gasteiger partial charge >= 0.3 is 5.97 Å². The van der Waals surface area contributed by atoms with E-state index >= 15 is 0 Å². The van der Waals surface area contributed by atoms with Crippen molar-refractivity contribution in [3.63, 3.8) is 0 Å². The fraction of sp³-hybridized carbons (Fsp3) is 0.267. The zero-order valence-corrected chi connectivity index (χ0v) is 12.6. The predicted molar refractivity (Wildman–Crippen MR) is 82.4 cm³/mol. The third-order valence-electron chi connectivity index (χ3n) is 2.89. The molecule has 0 radical (unpaired) electrons. The number of thioether (sulfide) groups is 1. The van der Waals surface area contributed by atoms with Crippen molar-refractivity contribution in [1.82, 2.24) is 10.3 Å². The van der Waals surface area contributed by atoms with E-state index < -0.39 is 12.0 Å². The van der Waals surface area contributed by atoms with E-state index in [2.05, 4.69) is 10.3 Å². The van der Waals surface area contributed by atoms with Crippen LogP contribution in [0.25, 0.3) is 10.9 Å². The highest BCUT2D eigenvalue weighted by Crippen LogP contribution is 2.28. The van der Waals surface area contributed by atoms with Crippen molar-refractivity contribution in [3.05, 3.63) is 36.0 Å². The Kier molecular flexibility index (Phi) is 4.80. The number of carboxylic acids is 1. The van der Waals surface area contributed by atoms with Crippen LogP contribution in [0.4, 0.5) is 0 Å². The van der Waals surface area contributed by atoms with Crippen molar-refractivity contribution in [2.45, 2.75) is 24.8 Å². The number of carbonyl (C=O) groups excluding carboxylic acids is 1. The summed E-state index contributed by atoms with van der Waals surface area (Å²) in [6.07, 6.45) is 0. The van der Waals surface area contributed by atoms with Crippen molar-refractivity contribution in [2.24, 2.45) is 0 Å². The Morgan fingerprint density at radius 1 is 1.38 bits per heavy atom. The molecule has 0 unspecified atom stereocenters. The molecule has 0 fully saturated rings. The van der Waals surface area contributed by atoms with Gasteiger partial charge in [-0.25, -0.2) is 4.79 Å². The highest BCUT2D eigenvalue weighted by molar-refractivity contribution is 7.99. The molecule has 6 heteroatoms. The van der Waals surface area contributed by atoms with Gasteiger partial charge in [0.25, 0.3) is 0 Å². The molecular weight excluding hydrogens is 288 g/mol. The van der Waals surface area contributed by atoms with E-state index in [4.69, 9.17) is 5.11 Å². The second-order valence-electron chi connectivity index (χ2n) is 4.68. The number of benzene rings is 1. The van der Waals surface area contributed by atoms with Gasteiger partial charge in [0, 0.05) is 28.7 Å². The molecule has 0 spiro atoms. The van der Waals surface area contributed by atoms with Crippen LogP contribution in [-0.2, 0) is 9.59 Å². The lowest BCUT2D eigenvalue weighted by Gasteiger charge is -2.14. The monoisotopic (exact) mass is 304 g/mol. The van der Waals surface area contributed by atoms with Crippen LogP contribution >= 0.6 is 11.8 Å². The average molecular weight is 304 g/mol. The summed E-state index contributed by atoms with van der Waals surface area (Å²) in [6.45, 7) is 3.21. The molecule has 1 amide bonds. The lowest BCUT2D eigenvalue weighted by molar-refractivity contribution is -0.140. The van der Waals surface area contributed by atoms with E-state index in [9.17, 15) is 9.59 Å². The van der Waals surface area contributed by atoms with Crippen LogP contribution in [-0.4, -0.2) is 33.8 Å². The number of pyridine rings is 1.